The van der Waals surface area contributed by atoms with Crippen LogP contribution in [0.2, 0.25) is 0 Å². The van der Waals surface area contributed by atoms with Crippen LogP contribution in [0.3, 0.4) is 0 Å². The highest BCUT2D eigenvalue weighted by Gasteiger charge is 2.29. The molecule has 2 aliphatic rings. The van der Waals surface area contributed by atoms with Gasteiger partial charge in [-0.2, -0.15) is 0 Å². The molecule has 2 heterocycles. The van der Waals surface area contributed by atoms with E-state index in [1.807, 2.05) is 84.0 Å². The van der Waals surface area contributed by atoms with Crippen LogP contribution in [0.1, 0.15) is 83.6 Å². The van der Waals surface area contributed by atoms with Gasteiger partial charge in [0, 0.05) is 23.7 Å². The Hall–Kier alpha value is -4.10. The summed E-state index contributed by atoms with van der Waals surface area (Å²) in [5, 5.41) is 0. The molecule has 1 atom stereocenters. The second kappa shape index (κ2) is 13.5. The lowest BCUT2D eigenvalue weighted by Gasteiger charge is -2.29. The number of piperidine rings is 1. The summed E-state index contributed by atoms with van der Waals surface area (Å²) in [5.41, 5.74) is 2.49. The smallest absolute Gasteiger partial charge is 0.316 e. The fraction of sp³-hybridized carbons (Fsp3) is 0.421. The molecule has 0 aromatic heterocycles. The quantitative estimate of drug-likeness (QED) is 0.188. The van der Waals surface area contributed by atoms with Crippen molar-refractivity contribution in [3.05, 3.63) is 83.4 Å². The number of hydrogen-bond acceptors (Lipinski definition) is 7. The molecule has 3 aromatic carbocycles. The van der Waals surface area contributed by atoms with Gasteiger partial charge in [-0.1, -0.05) is 30.7 Å². The second-order valence-corrected chi connectivity index (χ2v) is 13.9. The van der Waals surface area contributed by atoms with E-state index in [1.54, 1.807) is 24.3 Å². The predicted molar refractivity (Wildman–Crippen MR) is 177 cm³/mol. The van der Waals surface area contributed by atoms with Gasteiger partial charge < -0.3 is 18.9 Å². The molecule has 0 unspecified atom stereocenters. The molecule has 0 amide bonds. The molecule has 0 radical (unpaired) electrons. The Morgan fingerprint density at radius 3 is 1.96 bits per heavy atom. The van der Waals surface area contributed by atoms with Crippen molar-refractivity contribution in [2.24, 2.45) is 10.8 Å². The molecule has 45 heavy (non-hydrogen) atoms. The number of benzene rings is 3. The van der Waals surface area contributed by atoms with E-state index in [1.165, 1.54) is 19.3 Å². The van der Waals surface area contributed by atoms with Gasteiger partial charge in [0.1, 0.15) is 35.7 Å². The predicted octanol–water partition coefficient (Wildman–Crippen LogP) is 8.13. The zero-order chi connectivity index (χ0) is 32.2. The maximum absolute atomic E-state index is 12.6. The van der Waals surface area contributed by atoms with Crippen molar-refractivity contribution < 1.29 is 28.5 Å². The molecule has 0 bridgehead atoms. The van der Waals surface area contributed by atoms with Gasteiger partial charge in [0.05, 0.1) is 10.8 Å². The zero-order valence-corrected chi connectivity index (χ0v) is 27.4. The Kier molecular flexibility index (Phi) is 9.68. The lowest BCUT2D eigenvalue weighted by molar-refractivity contribution is -0.143. The largest absolute Gasteiger partial charge is 0.492 e. The van der Waals surface area contributed by atoms with E-state index in [0.717, 1.165) is 47.6 Å². The highest BCUT2D eigenvalue weighted by molar-refractivity contribution is 5.89. The first kappa shape index (κ1) is 32.3. The minimum atomic E-state index is -0.628. The number of carbonyl (C=O) groups is 2. The van der Waals surface area contributed by atoms with Crippen LogP contribution < -0.4 is 18.9 Å². The van der Waals surface area contributed by atoms with E-state index in [9.17, 15) is 9.59 Å². The highest BCUT2D eigenvalue weighted by atomic mass is 16.5. The summed E-state index contributed by atoms with van der Waals surface area (Å²) in [7, 11) is 0. The van der Waals surface area contributed by atoms with Crippen LogP contribution >= 0.6 is 0 Å². The molecule has 0 spiro atoms. The van der Waals surface area contributed by atoms with Gasteiger partial charge in [0.25, 0.3) is 0 Å². The van der Waals surface area contributed by atoms with Crippen molar-refractivity contribution in [1.29, 1.82) is 0 Å². The fourth-order valence-electron chi connectivity index (χ4n) is 5.17. The monoisotopic (exact) mass is 611 g/mol. The minimum absolute atomic E-state index is 0.288. The van der Waals surface area contributed by atoms with E-state index in [4.69, 9.17) is 18.9 Å². The van der Waals surface area contributed by atoms with Crippen LogP contribution in [0, 0.1) is 10.8 Å². The van der Waals surface area contributed by atoms with Crippen LogP contribution in [0.5, 0.6) is 23.0 Å². The van der Waals surface area contributed by atoms with E-state index in [-0.39, 0.29) is 11.9 Å². The summed E-state index contributed by atoms with van der Waals surface area (Å²) in [5.74, 6) is 1.77. The number of rotatable bonds is 8. The van der Waals surface area contributed by atoms with Crippen molar-refractivity contribution in [3.8, 4) is 23.0 Å². The number of ether oxygens (including phenoxy) is 4. The molecule has 0 saturated carbocycles. The zero-order valence-electron chi connectivity index (χ0n) is 27.4. The van der Waals surface area contributed by atoms with Crippen LogP contribution in [0.15, 0.2) is 66.7 Å². The number of fused-ring (bicyclic) bond motifs is 1. The minimum Gasteiger partial charge on any atom is -0.492 e. The van der Waals surface area contributed by atoms with E-state index < -0.39 is 16.9 Å². The molecule has 3 aromatic rings. The van der Waals surface area contributed by atoms with Crippen molar-refractivity contribution in [2.45, 2.75) is 66.9 Å². The maximum atomic E-state index is 12.6. The first-order valence-corrected chi connectivity index (χ1v) is 15.9. The first-order chi connectivity index (χ1) is 21.4. The lowest BCUT2D eigenvalue weighted by atomic mass is 9.91. The molecule has 7 nitrogen and oxygen atoms in total. The van der Waals surface area contributed by atoms with E-state index in [2.05, 4.69) is 11.0 Å². The normalized spacial score (nSPS) is 17.0. The molecule has 1 saturated heterocycles. The number of carbonyl (C=O) groups excluding carboxylic acids is 2. The van der Waals surface area contributed by atoms with Crippen molar-refractivity contribution in [2.75, 3.05) is 26.2 Å². The SMILES string of the molecule is CC(C)(C)C(=O)Oc1ccc(C2=Cc3ccc(OC(=O)C(C)(C)C)cc3O[C@H]2c2ccc(OCCN3CCCCC3)cc2)cc1. The molecule has 2 aliphatic heterocycles. The maximum Gasteiger partial charge on any atom is 0.316 e. The highest BCUT2D eigenvalue weighted by Crippen LogP contribution is 2.44. The fourth-order valence-corrected chi connectivity index (χ4v) is 5.17. The van der Waals surface area contributed by atoms with Gasteiger partial charge >= 0.3 is 11.9 Å². The third-order valence-corrected chi connectivity index (χ3v) is 7.96. The molecule has 5 rings (SSSR count). The summed E-state index contributed by atoms with van der Waals surface area (Å²) in [4.78, 5) is 27.4. The molecule has 0 N–H and O–H groups in total. The number of likely N-dealkylation sites (tertiary alicyclic amines) is 1. The number of hydrogen-bond donors (Lipinski definition) is 0. The lowest BCUT2D eigenvalue weighted by Crippen LogP contribution is -2.33. The summed E-state index contributed by atoms with van der Waals surface area (Å²) >= 11 is 0. The van der Waals surface area contributed by atoms with E-state index in [0.29, 0.717) is 23.9 Å². The van der Waals surface area contributed by atoms with E-state index >= 15 is 0 Å². The third-order valence-electron chi connectivity index (χ3n) is 7.96. The summed E-state index contributed by atoms with van der Waals surface area (Å²) in [6.45, 7) is 14.8. The Labute approximate surface area is 267 Å². The van der Waals surface area contributed by atoms with Gasteiger partial charge in [-0.3, -0.25) is 14.5 Å². The molecule has 238 valence electrons. The standard InChI is InChI=1S/C38H45NO6/c1-37(2,3)35(40)43-30-17-10-26(11-18-30)32-24-28-14-19-31(44-36(41)38(4,5)6)25-33(28)45-34(32)27-12-15-29(16-13-27)42-23-22-39-20-8-7-9-21-39/h10-19,24-25,34H,7-9,20-23H2,1-6H3/t34-/m0/s1. The first-order valence-electron chi connectivity index (χ1n) is 15.9. The van der Waals surface area contributed by atoms with Crippen molar-refractivity contribution >= 4 is 23.6 Å². The van der Waals surface area contributed by atoms with Crippen LogP contribution in [0.4, 0.5) is 0 Å². The van der Waals surface area contributed by atoms with Crippen molar-refractivity contribution in [1.82, 2.24) is 4.90 Å². The molecule has 0 aliphatic carbocycles. The average Bonchev–Trinajstić information content (AvgIpc) is 3.01. The van der Waals surface area contributed by atoms with Gasteiger partial charge in [-0.05, 0) is 121 Å². The van der Waals surface area contributed by atoms with Crippen LogP contribution in [-0.4, -0.2) is 43.1 Å². The van der Waals surface area contributed by atoms with Gasteiger partial charge in [0.15, 0.2) is 0 Å². The molecule has 1 fully saturated rings. The van der Waals surface area contributed by atoms with Gasteiger partial charge in [-0.25, -0.2) is 0 Å². The molecule has 7 heteroatoms. The summed E-state index contributed by atoms with van der Waals surface area (Å²) in [6.07, 6.45) is 5.51. The Bertz CT molecular complexity index is 1520. The van der Waals surface area contributed by atoms with Gasteiger partial charge in [-0.15, -0.1) is 0 Å². The number of nitrogens with zero attached hydrogens (tertiary/aromatic N) is 1. The van der Waals surface area contributed by atoms with Crippen LogP contribution in [0.25, 0.3) is 11.6 Å². The Morgan fingerprint density at radius 1 is 0.756 bits per heavy atom. The van der Waals surface area contributed by atoms with Crippen molar-refractivity contribution in [3.63, 3.8) is 0 Å². The Morgan fingerprint density at radius 2 is 1.33 bits per heavy atom. The summed E-state index contributed by atoms with van der Waals surface area (Å²) in [6, 6.07) is 21.0. The van der Waals surface area contributed by atoms with Crippen LogP contribution in [-0.2, 0) is 9.59 Å². The molecular formula is C38H45NO6. The molecular weight excluding hydrogens is 566 g/mol. The average molecular weight is 612 g/mol. The second-order valence-electron chi connectivity index (χ2n) is 13.9. The topological polar surface area (TPSA) is 74.3 Å². The Balaban J connectivity index is 1.39. The van der Waals surface area contributed by atoms with Gasteiger partial charge in [0.2, 0.25) is 0 Å². The third kappa shape index (κ3) is 8.34. The summed E-state index contributed by atoms with van der Waals surface area (Å²) < 4.78 is 24.0. The number of esters is 2.